The summed E-state index contributed by atoms with van der Waals surface area (Å²) in [6, 6.07) is 16.9. The normalized spacial score (nSPS) is 11.1. The van der Waals surface area contributed by atoms with Gasteiger partial charge in [0.2, 0.25) is 5.88 Å². The van der Waals surface area contributed by atoms with Gasteiger partial charge in [-0.2, -0.15) is 5.10 Å². The van der Waals surface area contributed by atoms with Gasteiger partial charge in [0, 0.05) is 30.5 Å². The van der Waals surface area contributed by atoms with Crippen LogP contribution in [-0.4, -0.2) is 30.5 Å². The van der Waals surface area contributed by atoms with Crippen LogP contribution in [0, 0.1) is 3.95 Å². The number of halogens is 2. The maximum atomic E-state index is 10.8. The van der Waals surface area contributed by atoms with Crippen molar-refractivity contribution in [2.45, 2.75) is 25.8 Å². The fraction of sp³-hybridized carbons (Fsp3) is 0.174. The Balaban J connectivity index is 1.78. The molecule has 2 N–H and O–H groups in total. The summed E-state index contributed by atoms with van der Waals surface area (Å²) < 4.78 is 3.68. The summed E-state index contributed by atoms with van der Waals surface area (Å²) in [5.41, 5.74) is 2.85. The summed E-state index contributed by atoms with van der Waals surface area (Å²) in [5, 5.41) is 25.4. The van der Waals surface area contributed by atoms with Crippen molar-refractivity contribution in [1.82, 2.24) is 14.3 Å². The zero-order valence-corrected chi connectivity index (χ0v) is 20.4. The Morgan fingerprint density at radius 2 is 1.79 bits per heavy atom. The van der Waals surface area contributed by atoms with Crippen molar-refractivity contribution in [3.05, 3.63) is 79.2 Å². The van der Waals surface area contributed by atoms with Crippen molar-refractivity contribution in [3.8, 4) is 22.8 Å². The molecule has 0 aliphatic carbocycles. The van der Waals surface area contributed by atoms with Crippen molar-refractivity contribution in [1.29, 1.82) is 0 Å². The summed E-state index contributed by atoms with van der Waals surface area (Å²) in [6.45, 7) is 0.321. The van der Waals surface area contributed by atoms with Crippen LogP contribution in [0.15, 0.2) is 54.6 Å². The quantitative estimate of drug-likeness (QED) is 0.256. The lowest BCUT2D eigenvalue weighted by atomic mass is 10.1. The number of aliphatic carboxylic acids is 1. The van der Waals surface area contributed by atoms with Gasteiger partial charge >= 0.3 is 5.97 Å². The second kappa shape index (κ2) is 10.1. The zero-order valence-electron chi connectivity index (χ0n) is 17.2. The molecule has 0 spiro atoms. The molecule has 0 aliphatic rings. The molecule has 0 unspecified atom stereocenters. The van der Waals surface area contributed by atoms with Crippen LogP contribution < -0.4 is 0 Å². The van der Waals surface area contributed by atoms with Crippen molar-refractivity contribution < 1.29 is 15.0 Å². The largest absolute Gasteiger partial charge is 0.494 e. The first-order valence-corrected chi connectivity index (χ1v) is 12.1. The van der Waals surface area contributed by atoms with E-state index in [0.717, 1.165) is 11.3 Å². The molecule has 0 fully saturated rings. The molecule has 0 radical (unpaired) electrons. The molecule has 33 heavy (non-hydrogen) atoms. The highest BCUT2D eigenvalue weighted by Gasteiger charge is 2.23. The molecule has 10 heteroatoms. The van der Waals surface area contributed by atoms with Gasteiger partial charge < -0.3 is 10.2 Å². The molecule has 4 rings (SSSR count). The number of hydrogen-bond acceptors (Lipinski definition) is 5. The Kier molecular flexibility index (Phi) is 7.19. The first-order valence-electron chi connectivity index (χ1n) is 10.1. The Labute approximate surface area is 209 Å². The number of carbonyl (C=O) groups is 1. The molecule has 2 aromatic carbocycles. The fourth-order valence-electron chi connectivity index (χ4n) is 3.50. The van der Waals surface area contributed by atoms with E-state index in [1.54, 1.807) is 15.3 Å². The molecule has 0 aliphatic heterocycles. The minimum Gasteiger partial charge on any atom is -0.494 e. The Morgan fingerprint density at radius 1 is 1.09 bits per heavy atom. The first-order chi connectivity index (χ1) is 15.9. The number of benzene rings is 2. The van der Waals surface area contributed by atoms with Crippen LogP contribution in [0.3, 0.4) is 0 Å². The lowest BCUT2D eigenvalue weighted by Crippen LogP contribution is -2.02. The molecule has 2 heterocycles. The number of aromatic hydroxyl groups is 1. The van der Waals surface area contributed by atoms with E-state index in [9.17, 15) is 9.90 Å². The molecule has 0 saturated carbocycles. The van der Waals surface area contributed by atoms with Gasteiger partial charge in [-0.15, -0.1) is 11.3 Å². The number of carboxylic acids is 1. The summed E-state index contributed by atoms with van der Waals surface area (Å²) in [7, 11) is 0. The zero-order chi connectivity index (χ0) is 23.5. The van der Waals surface area contributed by atoms with Crippen LogP contribution in [0.1, 0.15) is 23.3 Å². The molecule has 170 valence electrons. The number of nitrogens with zero attached hydrogens (tertiary/aromatic N) is 3. The van der Waals surface area contributed by atoms with E-state index < -0.39 is 5.97 Å². The maximum Gasteiger partial charge on any atom is 0.303 e. The lowest BCUT2D eigenvalue weighted by Gasteiger charge is -2.06. The second-order valence-corrected chi connectivity index (χ2v) is 9.78. The smallest absolute Gasteiger partial charge is 0.303 e. The summed E-state index contributed by atoms with van der Waals surface area (Å²) in [4.78, 5) is 11.5. The van der Waals surface area contributed by atoms with Crippen molar-refractivity contribution >= 4 is 52.7 Å². The molecule has 0 atom stereocenters. The predicted molar refractivity (Wildman–Crippen MR) is 134 cm³/mol. The van der Waals surface area contributed by atoms with Gasteiger partial charge in [-0.25, -0.2) is 4.68 Å². The van der Waals surface area contributed by atoms with E-state index in [2.05, 4.69) is 0 Å². The van der Waals surface area contributed by atoms with E-state index in [1.807, 2.05) is 48.5 Å². The molecule has 4 aromatic rings. The highest BCUT2D eigenvalue weighted by molar-refractivity contribution is 7.73. The van der Waals surface area contributed by atoms with E-state index in [4.69, 9.17) is 45.6 Å². The maximum absolute atomic E-state index is 10.8. The molecule has 0 saturated heterocycles. The topological polar surface area (TPSA) is 80.3 Å². The number of carboxylic acid groups (broad SMARTS) is 1. The first kappa shape index (κ1) is 23.5. The van der Waals surface area contributed by atoms with Crippen LogP contribution in [0.5, 0.6) is 5.88 Å². The van der Waals surface area contributed by atoms with Gasteiger partial charge in [-0.3, -0.25) is 9.36 Å². The highest BCUT2D eigenvalue weighted by atomic mass is 35.5. The van der Waals surface area contributed by atoms with Crippen LogP contribution in [0.25, 0.3) is 16.9 Å². The summed E-state index contributed by atoms with van der Waals surface area (Å²) >= 11 is 20.0. The number of thiazole rings is 1. The Morgan fingerprint density at radius 3 is 2.48 bits per heavy atom. The lowest BCUT2D eigenvalue weighted by molar-refractivity contribution is -0.137. The highest BCUT2D eigenvalue weighted by Crippen LogP contribution is 2.38. The van der Waals surface area contributed by atoms with Gasteiger partial charge in [-0.05, 0) is 36.8 Å². The Hall–Kier alpha value is -2.65. The fourth-order valence-corrected chi connectivity index (χ4v) is 5.41. The molecular weight excluding hydrogens is 501 g/mol. The molecular formula is C23H19Cl2N3O3S2. The van der Waals surface area contributed by atoms with Gasteiger partial charge in [0.05, 0.1) is 21.3 Å². The third-order valence-corrected chi connectivity index (χ3v) is 7.25. The third kappa shape index (κ3) is 4.99. The van der Waals surface area contributed by atoms with E-state index in [0.29, 0.717) is 43.2 Å². The van der Waals surface area contributed by atoms with E-state index in [1.165, 1.54) is 11.3 Å². The minimum atomic E-state index is -0.888. The SMILES string of the molecule is O=C(O)CCCn1c(O)c(Cc2c(-c3ccccc3Cl)nn(-c3ccccc3)c2Cl)sc1=S. The van der Waals surface area contributed by atoms with Crippen molar-refractivity contribution in [2.24, 2.45) is 0 Å². The van der Waals surface area contributed by atoms with Gasteiger partial charge in [-0.1, -0.05) is 59.6 Å². The average Bonchev–Trinajstić information content (AvgIpc) is 3.25. The van der Waals surface area contributed by atoms with Crippen molar-refractivity contribution in [3.63, 3.8) is 0 Å². The van der Waals surface area contributed by atoms with Gasteiger partial charge in [0.15, 0.2) is 3.95 Å². The monoisotopic (exact) mass is 519 g/mol. The van der Waals surface area contributed by atoms with E-state index >= 15 is 0 Å². The van der Waals surface area contributed by atoms with Crippen LogP contribution >= 0.6 is 46.8 Å². The number of aromatic nitrogens is 3. The molecule has 0 bridgehead atoms. The standard InChI is InChI=1S/C23H19Cl2N3O3S2/c24-17-10-5-4-9-15(17)20-16(21(25)28(26-20)14-7-2-1-3-8-14)13-18-22(31)27(23(32)33-18)12-6-11-19(29)30/h1-5,7-10,31H,6,11-13H2,(H,29,30). The molecule has 6 nitrogen and oxygen atoms in total. The number of para-hydroxylation sites is 1. The molecule has 2 aromatic heterocycles. The van der Waals surface area contributed by atoms with Gasteiger partial charge in [0.1, 0.15) is 5.15 Å². The number of rotatable bonds is 8. The Bertz CT molecular complexity index is 1360. The van der Waals surface area contributed by atoms with Gasteiger partial charge in [0.25, 0.3) is 0 Å². The van der Waals surface area contributed by atoms with Crippen molar-refractivity contribution in [2.75, 3.05) is 0 Å². The second-order valence-electron chi connectivity index (χ2n) is 7.29. The minimum absolute atomic E-state index is 0.00127. The number of hydrogen-bond donors (Lipinski definition) is 2. The van der Waals surface area contributed by atoms with Crippen LogP contribution in [-0.2, 0) is 17.8 Å². The van der Waals surface area contributed by atoms with Crippen LogP contribution in [0.2, 0.25) is 10.2 Å². The molecule has 0 amide bonds. The predicted octanol–water partition coefficient (Wildman–Crippen LogP) is 6.60. The van der Waals surface area contributed by atoms with Crippen LogP contribution in [0.4, 0.5) is 0 Å². The average molecular weight is 520 g/mol. The summed E-state index contributed by atoms with van der Waals surface area (Å²) in [6.07, 6.45) is 0.655. The third-order valence-electron chi connectivity index (χ3n) is 5.10. The van der Waals surface area contributed by atoms with E-state index in [-0.39, 0.29) is 18.7 Å². The summed E-state index contributed by atoms with van der Waals surface area (Å²) in [5.74, 6) is -0.870.